The van der Waals surface area contributed by atoms with Crippen LogP contribution in [0, 0.1) is 12.8 Å². The molecular weight excluding hydrogens is 326 g/mol. The number of Topliss-reactive ketones (excluding diaryl/α,β-unsaturated/α-hetero) is 1. The number of amides is 1. The van der Waals surface area contributed by atoms with E-state index in [-0.39, 0.29) is 17.6 Å². The lowest BCUT2D eigenvalue weighted by molar-refractivity contribution is -0.137. The number of nitrogens with one attached hydrogen (secondary N) is 1. The summed E-state index contributed by atoms with van der Waals surface area (Å²) in [6, 6.07) is 11.8. The predicted octanol–water partition coefficient (Wildman–Crippen LogP) is 3.84. The number of rotatable bonds is 4. The molecule has 1 aromatic heterocycles. The third-order valence-electron chi connectivity index (χ3n) is 5.18. The number of nitrogens with zero attached hydrogens (tertiary/aromatic N) is 1. The van der Waals surface area contributed by atoms with Crippen LogP contribution in [0.25, 0.3) is 0 Å². The second-order valence-corrected chi connectivity index (χ2v) is 7.01. The molecule has 136 valence electrons. The van der Waals surface area contributed by atoms with Gasteiger partial charge in [-0.3, -0.25) is 9.59 Å². The Bertz CT molecular complexity index is 789. The molecule has 3 rings (SSSR count). The van der Waals surface area contributed by atoms with Crippen molar-refractivity contribution in [2.24, 2.45) is 5.92 Å². The van der Waals surface area contributed by atoms with Crippen molar-refractivity contribution in [1.82, 2.24) is 4.98 Å². The van der Waals surface area contributed by atoms with Crippen LogP contribution in [0.3, 0.4) is 0 Å². The SMILES string of the molecule is Cc1cc(NC(=O)C(=O)C2CCCCC[C@H]2c2ccccc2)cnc1N. The van der Waals surface area contributed by atoms with Crippen molar-refractivity contribution in [3.05, 3.63) is 53.7 Å². The van der Waals surface area contributed by atoms with E-state index in [9.17, 15) is 9.59 Å². The normalized spacial score (nSPS) is 20.2. The third kappa shape index (κ3) is 4.10. The number of carbonyl (C=O) groups is 2. The zero-order chi connectivity index (χ0) is 18.5. The number of benzene rings is 1. The minimum atomic E-state index is -0.566. The van der Waals surface area contributed by atoms with Gasteiger partial charge in [0.1, 0.15) is 5.82 Å². The zero-order valence-electron chi connectivity index (χ0n) is 15.1. The van der Waals surface area contributed by atoms with Gasteiger partial charge in [-0.2, -0.15) is 0 Å². The summed E-state index contributed by atoms with van der Waals surface area (Å²) in [5, 5.41) is 2.69. The monoisotopic (exact) mass is 351 g/mol. The maximum absolute atomic E-state index is 12.9. The molecule has 1 unspecified atom stereocenters. The van der Waals surface area contributed by atoms with Crippen LogP contribution in [0.15, 0.2) is 42.6 Å². The Labute approximate surface area is 154 Å². The molecule has 2 atom stereocenters. The van der Waals surface area contributed by atoms with Gasteiger partial charge in [-0.15, -0.1) is 0 Å². The van der Waals surface area contributed by atoms with Crippen LogP contribution in [0.4, 0.5) is 11.5 Å². The molecule has 1 saturated carbocycles. The molecule has 1 heterocycles. The maximum Gasteiger partial charge on any atom is 0.292 e. The van der Waals surface area contributed by atoms with Gasteiger partial charge in [0.05, 0.1) is 11.9 Å². The number of aromatic nitrogens is 1. The molecule has 0 spiro atoms. The molecule has 1 aromatic carbocycles. The van der Waals surface area contributed by atoms with E-state index < -0.39 is 5.91 Å². The van der Waals surface area contributed by atoms with Gasteiger partial charge in [-0.05, 0) is 42.9 Å². The van der Waals surface area contributed by atoms with Crippen LogP contribution in [-0.2, 0) is 9.59 Å². The number of anilines is 2. The maximum atomic E-state index is 12.9. The van der Waals surface area contributed by atoms with Crippen molar-refractivity contribution >= 4 is 23.2 Å². The third-order valence-corrected chi connectivity index (χ3v) is 5.18. The minimum absolute atomic E-state index is 0.100. The quantitative estimate of drug-likeness (QED) is 0.647. The first-order valence-corrected chi connectivity index (χ1v) is 9.18. The fourth-order valence-electron chi connectivity index (χ4n) is 3.74. The summed E-state index contributed by atoms with van der Waals surface area (Å²) < 4.78 is 0. The molecule has 0 saturated heterocycles. The summed E-state index contributed by atoms with van der Waals surface area (Å²) in [6.07, 6.45) is 6.35. The summed E-state index contributed by atoms with van der Waals surface area (Å²) >= 11 is 0. The molecule has 2 aromatic rings. The number of nitrogens with two attached hydrogens (primary N) is 1. The largest absolute Gasteiger partial charge is 0.383 e. The first kappa shape index (κ1) is 18.1. The van der Waals surface area contributed by atoms with E-state index in [0.717, 1.165) is 43.2 Å². The van der Waals surface area contributed by atoms with Crippen molar-refractivity contribution in [3.8, 4) is 0 Å². The van der Waals surface area contributed by atoms with Gasteiger partial charge in [0.2, 0.25) is 5.78 Å². The Kier molecular flexibility index (Phi) is 5.66. The van der Waals surface area contributed by atoms with Gasteiger partial charge < -0.3 is 11.1 Å². The second kappa shape index (κ2) is 8.13. The molecule has 3 N–H and O–H groups in total. The molecule has 26 heavy (non-hydrogen) atoms. The zero-order valence-corrected chi connectivity index (χ0v) is 15.1. The summed E-state index contributed by atoms with van der Waals surface area (Å²) in [4.78, 5) is 29.5. The van der Waals surface area contributed by atoms with Crippen molar-refractivity contribution in [2.75, 3.05) is 11.1 Å². The van der Waals surface area contributed by atoms with Gasteiger partial charge in [0.25, 0.3) is 5.91 Å². The lowest BCUT2D eigenvalue weighted by Crippen LogP contribution is -2.32. The highest BCUT2D eigenvalue weighted by Crippen LogP contribution is 2.37. The van der Waals surface area contributed by atoms with Crippen LogP contribution in [0.2, 0.25) is 0 Å². The number of nitrogen functional groups attached to an aromatic ring is 1. The van der Waals surface area contributed by atoms with Crippen LogP contribution < -0.4 is 11.1 Å². The van der Waals surface area contributed by atoms with E-state index in [1.807, 2.05) is 25.1 Å². The summed E-state index contributed by atoms with van der Waals surface area (Å²) in [7, 11) is 0. The molecule has 1 aliphatic carbocycles. The fourth-order valence-corrected chi connectivity index (χ4v) is 3.74. The van der Waals surface area contributed by atoms with E-state index in [1.54, 1.807) is 6.07 Å². The lowest BCUT2D eigenvalue weighted by Gasteiger charge is -2.24. The van der Waals surface area contributed by atoms with Gasteiger partial charge >= 0.3 is 0 Å². The average molecular weight is 351 g/mol. The molecule has 5 nitrogen and oxygen atoms in total. The van der Waals surface area contributed by atoms with Crippen molar-refractivity contribution in [3.63, 3.8) is 0 Å². The Morgan fingerprint density at radius 3 is 2.58 bits per heavy atom. The van der Waals surface area contributed by atoms with Crippen molar-refractivity contribution < 1.29 is 9.59 Å². The number of hydrogen-bond acceptors (Lipinski definition) is 4. The lowest BCUT2D eigenvalue weighted by atomic mass is 9.79. The first-order chi connectivity index (χ1) is 12.6. The molecule has 1 amide bonds. The van der Waals surface area contributed by atoms with Gasteiger partial charge in [0, 0.05) is 5.92 Å². The Morgan fingerprint density at radius 1 is 1.12 bits per heavy atom. The molecule has 5 heteroatoms. The molecule has 0 aliphatic heterocycles. The van der Waals surface area contributed by atoms with E-state index >= 15 is 0 Å². The Hall–Kier alpha value is -2.69. The second-order valence-electron chi connectivity index (χ2n) is 7.01. The van der Waals surface area contributed by atoms with Crippen molar-refractivity contribution in [1.29, 1.82) is 0 Å². The van der Waals surface area contributed by atoms with Crippen LogP contribution in [0.1, 0.15) is 49.1 Å². The van der Waals surface area contributed by atoms with Gasteiger partial charge in [-0.1, -0.05) is 49.6 Å². The van der Waals surface area contributed by atoms with Crippen molar-refractivity contribution in [2.45, 2.75) is 44.9 Å². The van der Waals surface area contributed by atoms with E-state index in [1.165, 1.54) is 6.20 Å². The summed E-state index contributed by atoms with van der Waals surface area (Å²) in [5.74, 6) is -0.660. The minimum Gasteiger partial charge on any atom is -0.383 e. The Morgan fingerprint density at radius 2 is 1.85 bits per heavy atom. The standard InChI is InChI=1S/C21H25N3O2/c1-14-12-16(13-23-20(14)22)24-21(26)19(25)18-11-7-3-6-10-17(18)15-8-4-2-5-9-15/h2,4-5,8-9,12-13,17-18H,3,6-7,10-11H2,1H3,(H2,22,23)(H,24,26)/t17-,18?/m0/s1. The summed E-state index contributed by atoms with van der Waals surface area (Å²) in [6.45, 7) is 1.82. The number of carbonyl (C=O) groups excluding carboxylic acids is 2. The van der Waals surface area contributed by atoms with Crippen LogP contribution in [-0.4, -0.2) is 16.7 Å². The number of aryl methyl sites for hydroxylation is 1. The molecule has 1 fully saturated rings. The van der Waals surface area contributed by atoms with E-state index in [2.05, 4.69) is 22.4 Å². The molecule has 0 bridgehead atoms. The predicted molar refractivity (Wildman–Crippen MR) is 103 cm³/mol. The van der Waals surface area contributed by atoms with Gasteiger partial charge in [0.15, 0.2) is 0 Å². The molecule has 0 radical (unpaired) electrons. The number of ketones is 1. The van der Waals surface area contributed by atoms with E-state index in [0.29, 0.717) is 11.5 Å². The summed E-state index contributed by atoms with van der Waals surface area (Å²) in [5.41, 5.74) is 8.12. The fraction of sp³-hybridized carbons (Fsp3) is 0.381. The highest BCUT2D eigenvalue weighted by Gasteiger charge is 2.34. The highest BCUT2D eigenvalue weighted by molar-refractivity contribution is 6.41. The molecular formula is C21H25N3O2. The smallest absolute Gasteiger partial charge is 0.292 e. The van der Waals surface area contributed by atoms with Crippen LogP contribution in [0.5, 0.6) is 0 Å². The average Bonchev–Trinajstić information content (AvgIpc) is 2.91. The van der Waals surface area contributed by atoms with E-state index in [4.69, 9.17) is 5.73 Å². The number of pyridine rings is 1. The van der Waals surface area contributed by atoms with Crippen LogP contribution >= 0.6 is 0 Å². The topological polar surface area (TPSA) is 85.1 Å². The highest BCUT2D eigenvalue weighted by atomic mass is 16.2. The Balaban J connectivity index is 1.78. The number of hydrogen-bond donors (Lipinski definition) is 2. The first-order valence-electron chi connectivity index (χ1n) is 9.18. The van der Waals surface area contributed by atoms with Gasteiger partial charge in [-0.25, -0.2) is 4.98 Å². The molecule has 1 aliphatic rings.